The predicted octanol–water partition coefficient (Wildman–Crippen LogP) is 3.53. The Kier molecular flexibility index (Phi) is 6.32. The van der Waals surface area contributed by atoms with Gasteiger partial charge < -0.3 is 15.4 Å². The molecule has 118 valence electrons. The number of anilines is 1. The molecule has 0 atom stereocenters. The number of benzene rings is 1. The van der Waals surface area contributed by atoms with E-state index in [0.29, 0.717) is 18.2 Å². The second kappa shape index (κ2) is 7.53. The molecule has 0 radical (unpaired) electrons. The molecule has 0 unspecified atom stereocenters. The van der Waals surface area contributed by atoms with Crippen LogP contribution in [0.4, 0.5) is 18.9 Å². The Morgan fingerprint density at radius 1 is 1.38 bits per heavy atom. The molecule has 0 aliphatic rings. The fourth-order valence-electron chi connectivity index (χ4n) is 1.38. The van der Waals surface area contributed by atoms with Crippen molar-refractivity contribution in [3.8, 4) is 5.75 Å². The Bertz CT molecular complexity index is 493. The molecule has 0 heterocycles. The summed E-state index contributed by atoms with van der Waals surface area (Å²) in [5.41, 5.74) is 0.510. The summed E-state index contributed by atoms with van der Waals surface area (Å²) in [5, 5.41) is 5.54. The lowest BCUT2D eigenvalue weighted by Crippen LogP contribution is -2.32. The summed E-state index contributed by atoms with van der Waals surface area (Å²) < 4.78 is 40.3. The zero-order valence-corrected chi connectivity index (χ0v) is 13.1. The summed E-state index contributed by atoms with van der Waals surface area (Å²) in [5.74, 6) is -0.172. The van der Waals surface area contributed by atoms with Crippen LogP contribution in [0.1, 0.15) is 13.8 Å². The first kappa shape index (κ1) is 17.6. The third-order valence-corrected chi connectivity index (χ3v) is 2.94. The van der Waals surface area contributed by atoms with Gasteiger partial charge in [0, 0.05) is 12.2 Å². The van der Waals surface area contributed by atoms with Gasteiger partial charge in [0.1, 0.15) is 5.75 Å². The summed E-state index contributed by atoms with van der Waals surface area (Å²) in [6.07, 6.45) is -4.74. The molecule has 0 spiro atoms. The van der Waals surface area contributed by atoms with Crippen LogP contribution in [0.15, 0.2) is 22.7 Å². The smallest absolute Gasteiger partial charge is 0.405 e. The number of amides is 1. The predicted molar refractivity (Wildman–Crippen MR) is 77.2 cm³/mol. The van der Waals surface area contributed by atoms with Crippen LogP contribution < -0.4 is 15.4 Å². The van der Waals surface area contributed by atoms with Crippen molar-refractivity contribution in [1.82, 2.24) is 5.32 Å². The largest absolute Gasteiger partial charge is 0.573 e. The molecule has 4 nitrogen and oxygen atoms in total. The average Bonchev–Trinajstić information content (AvgIpc) is 2.35. The van der Waals surface area contributed by atoms with Crippen molar-refractivity contribution >= 4 is 27.5 Å². The van der Waals surface area contributed by atoms with Crippen molar-refractivity contribution in [3.63, 3.8) is 0 Å². The molecule has 0 fully saturated rings. The van der Waals surface area contributed by atoms with Crippen LogP contribution in [0.3, 0.4) is 0 Å². The number of carbonyl (C=O) groups excluding carboxylic acids is 1. The minimum absolute atomic E-state index is 0.0403. The Balaban J connectivity index is 2.54. The zero-order valence-electron chi connectivity index (χ0n) is 11.6. The number of ether oxygens (including phenoxy) is 1. The van der Waals surface area contributed by atoms with E-state index in [1.165, 1.54) is 18.2 Å². The number of halogens is 4. The molecule has 0 bridgehead atoms. The van der Waals surface area contributed by atoms with Crippen LogP contribution in [0, 0.1) is 5.92 Å². The third-order valence-electron chi connectivity index (χ3n) is 2.32. The summed E-state index contributed by atoms with van der Waals surface area (Å²) in [4.78, 5) is 11.5. The fraction of sp³-hybridized carbons (Fsp3) is 0.462. The van der Waals surface area contributed by atoms with Crippen LogP contribution in [0.25, 0.3) is 0 Å². The summed E-state index contributed by atoms with van der Waals surface area (Å²) in [6.45, 7) is 4.57. The van der Waals surface area contributed by atoms with E-state index in [1.807, 2.05) is 13.8 Å². The maximum atomic E-state index is 12.1. The topological polar surface area (TPSA) is 50.4 Å². The lowest BCUT2D eigenvalue weighted by molar-refractivity contribution is -0.274. The minimum atomic E-state index is -4.74. The number of hydrogen-bond donors (Lipinski definition) is 2. The Hall–Kier alpha value is -1.44. The average molecular weight is 369 g/mol. The quantitative estimate of drug-likeness (QED) is 0.807. The molecule has 1 aromatic rings. The van der Waals surface area contributed by atoms with Crippen molar-refractivity contribution in [3.05, 3.63) is 22.7 Å². The lowest BCUT2D eigenvalue weighted by atomic mass is 10.2. The molecular formula is C13H16BrF3N2O2. The van der Waals surface area contributed by atoms with E-state index < -0.39 is 6.36 Å². The van der Waals surface area contributed by atoms with Crippen LogP contribution in [-0.2, 0) is 4.79 Å². The van der Waals surface area contributed by atoms with Crippen molar-refractivity contribution in [2.45, 2.75) is 20.2 Å². The minimum Gasteiger partial charge on any atom is -0.405 e. The maximum Gasteiger partial charge on any atom is 0.573 e. The molecule has 1 amide bonds. The number of carbonyl (C=O) groups is 1. The van der Waals surface area contributed by atoms with E-state index in [4.69, 9.17) is 0 Å². The summed E-state index contributed by atoms with van der Waals surface area (Å²) in [7, 11) is 0. The first-order valence-corrected chi connectivity index (χ1v) is 7.02. The Labute approximate surface area is 129 Å². The number of hydrogen-bond acceptors (Lipinski definition) is 3. The van der Waals surface area contributed by atoms with E-state index >= 15 is 0 Å². The monoisotopic (exact) mass is 368 g/mol. The van der Waals surface area contributed by atoms with Gasteiger partial charge in [0.15, 0.2) is 0 Å². The Morgan fingerprint density at radius 2 is 2.05 bits per heavy atom. The second-order valence-electron chi connectivity index (χ2n) is 4.74. The lowest BCUT2D eigenvalue weighted by Gasteiger charge is -2.13. The molecule has 0 saturated heterocycles. The molecule has 0 aromatic heterocycles. The van der Waals surface area contributed by atoms with Gasteiger partial charge in [-0.2, -0.15) is 0 Å². The van der Waals surface area contributed by atoms with Crippen LogP contribution in [0.2, 0.25) is 0 Å². The molecule has 0 aliphatic carbocycles. The highest BCUT2D eigenvalue weighted by atomic mass is 79.9. The van der Waals surface area contributed by atoms with Gasteiger partial charge in [0.2, 0.25) is 5.91 Å². The SMILES string of the molecule is CC(C)CNC(=O)CNc1ccc(OC(F)(F)F)c(Br)c1. The van der Waals surface area contributed by atoms with E-state index in [9.17, 15) is 18.0 Å². The second-order valence-corrected chi connectivity index (χ2v) is 5.60. The normalized spacial score (nSPS) is 11.4. The van der Waals surface area contributed by atoms with E-state index in [0.717, 1.165) is 0 Å². The molecule has 21 heavy (non-hydrogen) atoms. The molecule has 2 N–H and O–H groups in total. The van der Waals surface area contributed by atoms with Crippen molar-refractivity contribution in [2.75, 3.05) is 18.4 Å². The molecule has 0 aliphatic heterocycles. The van der Waals surface area contributed by atoms with Gasteiger partial charge in [0.25, 0.3) is 0 Å². The first-order chi connectivity index (χ1) is 9.67. The zero-order chi connectivity index (χ0) is 16.0. The van der Waals surface area contributed by atoms with Gasteiger partial charge in [0.05, 0.1) is 11.0 Å². The maximum absolute atomic E-state index is 12.1. The van der Waals surface area contributed by atoms with Gasteiger partial charge >= 0.3 is 6.36 Å². The van der Waals surface area contributed by atoms with Crippen LogP contribution in [0.5, 0.6) is 5.75 Å². The highest BCUT2D eigenvalue weighted by molar-refractivity contribution is 9.10. The standard InChI is InChI=1S/C13H16BrF3N2O2/c1-8(2)6-19-12(20)7-18-9-3-4-11(10(14)5-9)21-13(15,16)17/h3-5,8,18H,6-7H2,1-2H3,(H,19,20). The molecular weight excluding hydrogens is 353 g/mol. The summed E-state index contributed by atoms with van der Waals surface area (Å²) in [6, 6.07) is 3.99. The van der Waals surface area contributed by atoms with Gasteiger partial charge in [-0.05, 0) is 40.0 Å². The van der Waals surface area contributed by atoms with Crippen molar-refractivity contribution < 1.29 is 22.7 Å². The van der Waals surface area contributed by atoms with Crippen molar-refractivity contribution in [1.29, 1.82) is 0 Å². The van der Waals surface area contributed by atoms with Gasteiger partial charge in [-0.15, -0.1) is 13.2 Å². The van der Waals surface area contributed by atoms with Crippen LogP contribution in [-0.4, -0.2) is 25.4 Å². The van der Waals surface area contributed by atoms with E-state index in [-0.39, 0.29) is 22.7 Å². The number of alkyl halides is 3. The molecule has 1 rings (SSSR count). The third kappa shape index (κ3) is 7.22. The van der Waals surface area contributed by atoms with Crippen LogP contribution >= 0.6 is 15.9 Å². The highest BCUT2D eigenvalue weighted by Gasteiger charge is 2.31. The van der Waals surface area contributed by atoms with Crippen molar-refractivity contribution in [2.24, 2.45) is 5.92 Å². The Morgan fingerprint density at radius 3 is 2.57 bits per heavy atom. The van der Waals surface area contributed by atoms with E-state index in [2.05, 4.69) is 31.3 Å². The number of nitrogens with one attached hydrogen (secondary N) is 2. The van der Waals surface area contributed by atoms with Gasteiger partial charge in [-0.1, -0.05) is 13.8 Å². The van der Waals surface area contributed by atoms with Gasteiger partial charge in [-0.3, -0.25) is 4.79 Å². The fourth-order valence-corrected chi connectivity index (χ4v) is 1.84. The number of rotatable bonds is 6. The highest BCUT2D eigenvalue weighted by Crippen LogP contribution is 2.32. The first-order valence-electron chi connectivity index (χ1n) is 6.23. The van der Waals surface area contributed by atoms with Gasteiger partial charge in [-0.25, -0.2) is 0 Å². The molecule has 1 aromatic carbocycles. The molecule has 0 saturated carbocycles. The molecule has 8 heteroatoms. The van der Waals surface area contributed by atoms with E-state index in [1.54, 1.807) is 0 Å². The summed E-state index contributed by atoms with van der Waals surface area (Å²) >= 11 is 2.99.